The predicted molar refractivity (Wildman–Crippen MR) is 133 cm³/mol. The third kappa shape index (κ3) is 4.22. The summed E-state index contributed by atoms with van der Waals surface area (Å²) in [6, 6.07) is 28.8. The van der Waals surface area contributed by atoms with E-state index in [4.69, 9.17) is 21.2 Å². The zero-order valence-corrected chi connectivity index (χ0v) is 18.3. The van der Waals surface area contributed by atoms with Crippen LogP contribution in [0.4, 0.5) is 0 Å². The van der Waals surface area contributed by atoms with E-state index in [0.29, 0.717) is 23.7 Å². The van der Waals surface area contributed by atoms with Gasteiger partial charge in [0.2, 0.25) is 11.8 Å². The van der Waals surface area contributed by atoms with Crippen molar-refractivity contribution in [2.75, 3.05) is 0 Å². The van der Waals surface area contributed by atoms with E-state index in [-0.39, 0.29) is 0 Å². The molecule has 0 bridgehead atoms. The number of aromatic nitrogens is 2. The molecule has 2 aromatic heterocycles. The summed E-state index contributed by atoms with van der Waals surface area (Å²) in [4.78, 5) is 20.8. The highest BCUT2D eigenvalue weighted by Gasteiger charge is 2.15. The number of nitrogens with zero attached hydrogens (tertiary/aromatic N) is 2. The topological polar surface area (TPSA) is 104 Å². The molecule has 2 heterocycles. The molecule has 5 rings (SSSR count). The summed E-state index contributed by atoms with van der Waals surface area (Å²) < 4.78 is 6.08. The van der Waals surface area contributed by atoms with E-state index in [0.717, 1.165) is 38.9 Å². The zero-order chi connectivity index (χ0) is 23.5. The molecule has 0 radical (unpaired) electrons. The molecule has 0 aliphatic carbocycles. The van der Waals surface area contributed by atoms with Gasteiger partial charge < -0.3 is 16.2 Å². The fourth-order valence-electron chi connectivity index (χ4n) is 3.81. The highest BCUT2D eigenvalue weighted by atomic mass is 16.5. The Labute approximate surface area is 196 Å². The Morgan fingerprint density at radius 2 is 1.59 bits per heavy atom. The van der Waals surface area contributed by atoms with Crippen LogP contribution in [0.5, 0.6) is 11.6 Å². The molecule has 166 valence electrons. The first-order chi connectivity index (χ1) is 16.6. The van der Waals surface area contributed by atoms with Crippen LogP contribution in [-0.2, 0) is 6.54 Å². The number of primary amides is 1. The lowest BCUT2D eigenvalue weighted by molar-refractivity contribution is 0.100. The van der Waals surface area contributed by atoms with Crippen molar-refractivity contribution in [3.05, 3.63) is 108 Å². The Hall–Kier alpha value is -4.55. The molecule has 4 N–H and O–H groups in total. The number of carbonyl (C=O) groups is 1. The molecule has 0 atom stereocenters. The number of carbonyl (C=O) groups excluding carboxylic acids is 1. The third-order valence-corrected chi connectivity index (χ3v) is 5.61. The van der Waals surface area contributed by atoms with Crippen LogP contribution in [0.2, 0.25) is 0 Å². The summed E-state index contributed by atoms with van der Waals surface area (Å²) in [5.74, 6) is 0.491. The monoisotopic (exact) mass is 446 g/mol. The minimum absolute atomic E-state index is 0.413. The van der Waals surface area contributed by atoms with Gasteiger partial charge in [-0.3, -0.25) is 4.79 Å². The highest BCUT2D eigenvalue weighted by molar-refractivity contribution is 5.94. The maximum atomic E-state index is 11.4. The lowest BCUT2D eigenvalue weighted by Gasteiger charge is -2.14. The summed E-state index contributed by atoms with van der Waals surface area (Å²) in [7, 11) is 0. The first-order valence-electron chi connectivity index (χ1n) is 10.8. The van der Waals surface area contributed by atoms with E-state index in [1.165, 1.54) is 0 Å². The van der Waals surface area contributed by atoms with Gasteiger partial charge in [0.1, 0.15) is 5.75 Å². The van der Waals surface area contributed by atoms with Crippen molar-refractivity contribution in [2.24, 2.45) is 11.5 Å². The molecule has 0 spiro atoms. The van der Waals surface area contributed by atoms with E-state index in [2.05, 4.69) is 23.2 Å². The molecule has 6 heteroatoms. The third-order valence-electron chi connectivity index (χ3n) is 5.61. The minimum atomic E-state index is -0.487. The van der Waals surface area contributed by atoms with Gasteiger partial charge in [-0.05, 0) is 47.5 Å². The molecule has 34 heavy (non-hydrogen) atoms. The molecule has 0 unspecified atom stereocenters. The van der Waals surface area contributed by atoms with Gasteiger partial charge >= 0.3 is 0 Å². The van der Waals surface area contributed by atoms with Gasteiger partial charge in [-0.25, -0.2) is 9.97 Å². The van der Waals surface area contributed by atoms with Crippen molar-refractivity contribution in [2.45, 2.75) is 6.54 Å². The summed E-state index contributed by atoms with van der Waals surface area (Å²) >= 11 is 0. The van der Waals surface area contributed by atoms with Crippen molar-refractivity contribution in [3.63, 3.8) is 0 Å². The zero-order valence-electron chi connectivity index (χ0n) is 18.3. The Balaban J connectivity index is 1.64. The van der Waals surface area contributed by atoms with Gasteiger partial charge in [0, 0.05) is 29.4 Å². The van der Waals surface area contributed by atoms with Crippen LogP contribution in [0.15, 0.2) is 97.2 Å². The van der Waals surface area contributed by atoms with Crippen LogP contribution in [0.25, 0.3) is 33.3 Å². The van der Waals surface area contributed by atoms with Crippen molar-refractivity contribution < 1.29 is 9.53 Å². The summed E-state index contributed by atoms with van der Waals surface area (Å²) in [5.41, 5.74) is 17.2. The lowest BCUT2D eigenvalue weighted by atomic mass is 9.97. The molecule has 5 aromatic rings. The molecule has 0 aliphatic heterocycles. The van der Waals surface area contributed by atoms with Crippen LogP contribution in [0.3, 0.4) is 0 Å². The smallest absolute Gasteiger partial charge is 0.248 e. The number of amides is 1. The molecular weight excluding hydrogens is 424 g/mol. The van der Waals surface area contributed by atoms with Crippen molar-refractivity contribution in [3.8, 4) is 34.0 Å². The second-order valence-electron chi connectivity index (χ2n) is 7.83. The van der Waals surface area contributed by atoms with Gasteiger partial charge in [0.25, 0.3) is 0 Å². The van der Waals surface area contributed by atoms with Crippen LogP contribution < -0.4 is 16.2 Å². The highest BCUT2D eigenvalue weighted by Crippen LogP contribution is 2.36. The predicted octanol–water partition coefficient (Wildman–Crippen LogP) is 5.31. The van der Waals surface area contributed by atoms with Gasteiger partial charge in [0.05, 0.1) is 16.6 Å². The maximum Gasteiger partial charge on any atom is 0.248 e. The van der Waals surface area contributed by atoms with Crippen LogP contribution in [0.1, 0.15) is 15.9 Å². The summed E-state index contributed by atoms with van der Waals surface area (Å²) in [5, 5.41) is 0.780. The van der Waals surface area contributed by atoms with Gasteiger partial charge in [0.15, 0.2) is 0 Å². The number of pyridine rings is 2. The fourth-order valence-corrected chi connectivity index (χ4v) is 3.81. The van der Waals surface area contributed by atoms with E-state index < -0.39 is 5.91 Å². The van der Waals surface area contributed by atoms with E-state index in [1.54, 1.807) is 30.5 Å². The van der Waals surface area contributed by atoms with E-state index in [1.807, 2.05) is 48.5 Å². The van der Waals surface area contributed by atoms with Gasteiger partial charge in [-0.2, -0.15) is 0 Å². The Bertz CT molecular complexity index is 1470. The Kier molecular flexibility index (Phi) is 5.72. The molecule has 6 nitrogen and oxygen atoms in total. The average molecular weight is 447 g/mol. The molecule has 0 saturated heterocycles. The molecule has 3 aromatic carbocycles. The standard InChI is InChI=1S/C28H22N4O2/c29-17-18-6-8-20(9-7-18)26-23(19-4-2-1-3-5-19)16-24-25(32-26)14-15-31-28(24)34-22-12-10-21(11-13-22)27(30)33/h1-16H,17,29H2,(H2,30,33). The van der Waals surface area contributed by atoms with Crippen LogP contribution >= 0.6 is 0 Å². The largest absolute Gasteiger partial charge is 0.438 e. The minimum Gasteiger partial charge on any atom is -0.438 e. The van der Waals surface area contributed by atoms with Gasteiger partial charge in [-0.15, -0.1) is 0 Å². The fraction of sp³-hybridized carbons (Fsp3) is 0.0357. The maximum absolute atomic E-state index is 11.4. The van der Waals surface area contributed by atoms with Crippen molar-refractivity contribution in [1.82, 2.24) is 9.97 Å². The van der Waals surface area contributed by atoms with E-state index >= 15 is 0 Å². The summed E-state index contributed by atoms with van der Waals surface area (Å²) in [6.45, 7) is 0.490. The number of fused-ring (bicyclic) bond motifs is 1. The quantitative estimate of drug-likeness (QED) is 0.368. The number of nitrogens with two attached hydrogens (primary N) is 2. The molecule has 0 fully saturated rings. The van der Waals surface area contributed by atoms with Crippen LogP contribution in [0, 0.1) is 0 Å². The second kappa shape index (κ2) is 9.13. The normalized spacial score (nSPS) is 10.9. The molecule has 0 saturated carbocycles. The first-order valence-corrected chi connectivity index (χ1v) is 10.8. The van der Waals surface area contributed by atoms with Crippen LogP contribution in [-0.4, -0.2) is 15.9 Å². The average Bonchev–Trinajstić information content (AvgIpc) is 2.89. The first kappa shape index (κ1) is 21.3. The second-order valence-corrected chi connectivity index (χ2v) is 7.83. The van der Waals surface area contributed by atoms with E-state index in [9.17, 15) is 4.79 Å². The number of benzene rings is 3. The van der Waals surface area contributed by atoms with Gasteiger partial charge in [-0.1, -0.05) is 54.6 Å². The van der Waals surface area contributed by atoms with Crippen molar-refractivity contribution in [1.29, 1.82) is 0 Å². The molecular formula is C28H22N4O2. The summed E-state index contributed by atoms with van der Waals surface area (Å²) in [6.07, 6.45) is 1.67. The Morgan fingerprint density at radius 3 is 2.26 bits per heavy atom. The van der Waals surface area contributed by atoms with Crippen molar-refractivity contribution >= 4 is 16.8 Å². The SMILES string of the molecule is NCc1ccc(-c2nc3ccnc(Oc4ccc(C(N)=O)cc4)c3cc2-c2ccccc2)cc1. The lowest BCUT2D eigenvalue weighted by Crippen LogP contribution is -2.10. The number of rotatable bonds is 6. The Morgan fingerprint density at radius 1 is 0.853 bits per heavy atom. The number of hydrogen-bond donors (Lipinski definition) is 2. The molecule has 0 aliphatic rings. The number of ether oxygens (including phenoxy) is 1. The molecule has 1 amide bonds. The number of hydrogen-bond acceptors (Lipinski definition) is 5.